The van der Waals surface area contributed by atoms with Gasteiger partial charge in [-0.05, 0) is 17.9 Å². The van der Waals surface area contributed by atoms with Gasteiger partial charge in [0.1, 0.15) is 11.6 Å². The van der Waals surface area contributed by atoms with E-state index in [4.69, 9.17) is 5.73 Å². The molecule has 0 aliphatic carbocycles. The lowest BCUT2D eigenvalue weighted by Crippen LogP contribution is -2.15. The number of thioether (sulfide) groups is 1. The fourth-order valence-electron chi connectivity index (χ4n) is 1.31. The molecule has 1 heterocycles. The van der Waals surface area contributed by atoms with Gasteiger partial charge in [-0.3, -0.25) is 0 Å². The number of nitrogens with zero attached hydrogens (tertiary/aromatic N) is 2. The first-order valence-corrected chi connectivity index (χ1v) is 6.60. The third-order valence-corrected chi connectivity index (χ3v) is 2.98. The van der Waals surface area contributed by atoms with Crippen molar-refractivity contribution in [2.75, 3.05) is 42.0 Å². The number of anilines is 3. The maximum Gasteiger partial charge on any atom is 0.223 e. The molecule has 0 bridgehead atoms. The molecule has 1 atom stereocenters. The SMILES string of the molecule is CNc1cc(NCC(C)CSC)nc(N)n1. The van der Waals surface area contributed by atoms with Gasteiger partial charge in [0.25, 0.3) is 0 Å². The Morgan fingerprint density at radius 2 is 2.12 bits per heavy atom. The van der Waals surface area contributed by atoms with Crippen molar-refractivity contribution < 1.29 is 0 Å². The number of nitrogens with one attached hydrogen (secondary N) is 2. The fourth-order valence-corrected chi connectivity index (χ4v) is 1.99. The highest BCUT2D eigenvalue weighted by Gasteiger charge is 2.04. The number of hydrogen-bond acceptors (Lipinski definition) is 6. The lowest BCUT2D eigenvalue weighted by atomic mass is 10.2. The first-order valence-electron chi connectivity index (χ1n) is 5.20. The van der Waals surface area contributed by atoms with Crippen LogP contribution >= 0.6 is 11.8 Å². The molecule has 6 heteroatoms. The zero-order valence-electron chi connectivity index (χ0n) is 9.95. The number of hydrogen-bond donors (Lipinski definition) is 3. The molecule has 0 aliphatic heterocycles. The number of aromatic nitrogens is 2. The summed E-state index contributed by atoms with van der Waals surface area (Å²) in [5.74, 6) is 3.51. The van der Waals surface area contributed by atoms with Crippen molar-refractivity contribution in [1.29, 1.82) is 0 Å². The van der Waals surface area contributed by atoms with Gasteiger partial charge in [0.15, 0.2) is 0 Å². The smallest absolute Gasteiger partial charge is 0.223 e. The van der Waals surface area contributed by atoms with Gasteiger partial charge in [-0.15, -0.1) is 0 Å². The fraction of sp³-hybridized carbons (Fsp3) is 0.600. The summed E-state index contributed by atoms with van der Waals surface area (Å²) >= 11 is 1.85. The predicted molar refractivity (Wildman–Crippen MR) is 72.0 cm³/mol. The minimum absolute atomic E-state index is 0.284. The standard InChI is InChI=1S/C10H19N5S/c1-7(6-16-3)5-13-9-4-8(12-2)14-10(11)15-9/h4,7H,5-6H2,1-3H3,(H4,11,12,13,14,15). The molecule has 16 heavy (non-hydrogen) atoms. The van der Waals surface area contributed by atoms with Crippen molar-refractivity contribution >= 4 is 29.3 Å². The Hall–Kier alpha value is -1.17. The lowest BCUT2D eigenvalue weighted by molar-refractivity contribution is 0.699. The van der Waals surface area contributed by atoms with E-state index < -0.39 is 0 Å². The molecule has 90 valence electrons. The van der Waals surface area contributed by atoms with Crippen LogP contribution in [0.25, 0.3) is 0 Å². The highest BCUT2D eigenvalue weighted by atomic mass is 32.2. The van der Waals surface area contributed by atoms with Crippen LogP contribution < -0.4 is 16.4 Å². The highest BCUT2D eigenvalue weighted by molar-refractivity contribution is 7.98. The molecule has 0 aromatic carbocycles. The van der Waals surface area contributed by atoms with Crippen LogP contribution in [0.1, 0.15) is 6.92 Å². The average molecular weight is 241 g/mol. The zero-order valence-corrected chi connectivity index (χ0v) is 10.8. The molecule has 0 spiro atoms. The molecule has 5 nitrogen and oxygen atoms in total. The summed E-state index contributed by atoms with van der Waals surface area (Å²) in [4.78, 5) is 8.15. The molecular formula is C10H19N5S. The molecule has 0 aliphatic rings. The van der Waals surface area contributed by atoms with Crippen molar-refractivity contribution in [1.82, 2.24) is 9.97 Å². The second-order valence-electron chi connectivity index (χ2n) is 3.69. The number of rotatable bonds is 6. The average Bonchev–Trinajstić information content (AvgIpc) is 2.26. The summed E-state index contributed by atoms with van der Waals surface area (Å²) in [7, 11) is 1.81. The second-order valence-corrected chi connectivity index (χ2v) is 4.60. The van der Waals surface area contributed by atoms with Crippen molar-refractivity contribution in [3.05, 3.63) is 6.07 Å². The van der Waals surface area contributed by atoms with Gasteiger partial charge in [0.2, 0.25) is 5.95 Å². The number of nitrogens with two attached hydrogens (primary N) is 1. The zero-order chi connectivity index (χ0) is 12.0. The third-order valence-electron chi connectivity index (χ3n) is 2.08. The van der Waals surface area contributed by atoms with E-state index in [9.17, 15) is 0 Å². The lowest BCUT2D eigenvalue weighted by Gasteiger charge is -2.12. The Morgan fingerprint density at radius 3 is 2.75 bits per heavy atom. The summed E-state index contributed by atoms with van der Waals surface area (Å²) in [6.07, 6.45) is 2.11. The van der Waals surface area contributed by atoms with Crippen LogP contribution in [0, 0.1) is 5.92 Å². The van der Waals surface area contributed by atoms with Gasteiger partial charge in [0.05, 0.1) is 0 Å². The van der Waals surface area contributed by atoms with Gasteiger partial charge in [-0.2, -0.15) is 21.7 Å². The van der Waals surface area contributed by atoms with Crippen LogP contribution in [0.3, 0.4) is 0 Å². The summed E-state index contributed by atoms with van der Waals surface area (Å²) in [6.45, 7) is 3.09. The van der Waals surface area contributed by atoms with E-state index in [1.54, 1.807) is 0 Å². The molecule has 1 aromatic heterocycles. The second kappa shape index (κ2) is 6.42. The molecule has 0 saturated carbocycles. The van der Waals surface area contributed by atoms with E-state index in [2.05, 4.69) is 33.8 Å². The van der Waals surface area contributed by atoms with Crippen LogP contribution in [0.2, 0.25) is 0 Å². The van der Waals surface area contributed by atoms with Crippen LogP contribution in [0.15, 0.2) is 6.07 Å². The minimum atomic E-state index is 0.284. The first kappa shape index (κ1) is 12.9. The minimum Gasteiger partial charge on any atom is -0.373 e. The van der Waals surface area contributed by atoms with Crippen molar-refractivity contribution in [2.45, 2.75) is 6.92 Å². The van der Waals surface area contributed by atoms with Crippen molar-refractivity contribution in [3.8, 4) is 0 Å². The van der Waals surface area contributed by atoms with Gasteiger partial charge < -0.3 is 16.4 Å². The van der Waals surface area contributed by atoms with Gasteiger partial charge >= 0.3 is 0 Å². The van der Waals surface area contributed by atoms with E-state index >= 15 is 0 Å². The van der Waals surface area contributed by atoms with Crippen molar-refractivity contribution in [2.24, 2.45) is 5.92 Å². The van der Waals surface area contributed by atoms with Crippen LogP contribution in [0.5, 0.6) is 0 Å². The summed E-state index contributed by atoms with van der Waals surface area (Å²) in [5, 5.41) is 6.21. The molecule has 0 amide bonds. The van der Waals surface area contributed by atoms with Crippen LogP contribution in [-0.4, -0.2) is 35.6 Å². The Bertz CT molecular complexity index is 331. The van der Waals surface area contributed by atoms with E-state index in [0.717, 1.165) is 23.9 Å². The Labute approximate surface area is 101 Å². The Kier molecular flexibility index (Phi) is 5.18. The molecular weight excluding hydrogens is 222 g/mol. The van der Waals surface area contributed by atoms with E-state index in [-0.39, 0.29) is 5.95 Å². The predicted octanol–water partition coefficient (Wildman–Crippen LogP) is 1.51. The van der Waals surface area contributed by atoms with Gasteiger partial charge in [0, 0.05) is 19.7 Å². The monoisotopic (exact) mass is 241 g/mol. The topological polar surface area (TPSA) is 75.9 Å². The van der Waals surface area contributed by atoms with Crippen LogP contribution in [-0.2, 0) is 0 Å². The molecule has 0 fully saturated rings. The summed E-state index contributed by atoms with van der Waals surface area (Å²) in [5.41, 5.74) is 5.59. The summed E-state index contributed by atoms with van der Waals surface area (Å²) in [6, 6.07) is 1.85. The first-order chi connectivity index (χ1) is 7.65. The molecule has 1 rings (SSSR count). The highest BCUT2D eigenvalue weighted by Crippen LogP contribution is 2.13. The Balaban J connectivity index is 2.56. The summed E-state index contributed by atoms with van der Waals surface area (Å²) < 4.78 is 0. The normalized spacial score (nSPS) is 12.2. The molecule has 1 aromatic rings. The van der Waals surface area contributed by atoms with E-state index in [1.807, 2.05) is 24.9 Å². The van der Waals surface area contributed by atoms with Crippen LogP contribution in [0.4, 0.5) is 17.6 Å². The van der Waals surface area contributed by atoms with Crippen molar-refractivity contribution in [3.63, 3.8) is 0 Å². The maximum atomic E-state index is 5.59. The molecule has 1 unspecified atom stereocenters. The van der Waals surface area contributed by atoms with E-state index in [0.29, 0.717) is 5.92 Å². The number of nitrogen functional groups attached to an aromatic ring is 1. The quantitative estimate of drug-likeness (QED) is 0.701. The van der Waals surface area contributed by atoms with Gasteiger partial charge in [-0.25, -0.2) is 0 Å². The third kappa shape index (κ3) is 4.14. The Morgan fingerprint density at radius 1 is 1.44 bits per heavy atom. The molecule has 4 N–H and O–H groups in total. The largest absolute Gasteiger partial charge is 0.373 e. The molecule has 0 radical (unpaired) electrons. The molecule has 0 saturated heterocycles. The van der Waals surface area contributed by atoms with E-state index in [1.165, 1.54) is 0 Å². The maximum absolute atomic E-state index is 5.59. The van der Waals surface area contributed by atoms with Gasteiger partial charge in [-0.1, -0.05) is 6.92 Å².